The second kappa shape index (κ2) is 3.39. The molecule has 0 saturated carbocycles. The van der Waals surface area contributed by atoms with Gasteiger partial charge in [-0.3, -0.25) is 0 Å². The summed E-state index contributed by atoms with van der Waals surface area (Å²) in [4.78, 5) is 0. The van der Waals surface area contributed by atoms with Crippen LogP contribution in [0.2, 0.25) is 0 Å². The third-order valence-electron chi connectivity index (χ3n) is 1.11. The van der Waals surface area contributed by atoms with Crippen molar-refractivity contribution >= 4 is 19.7 Å². The molecule has 0 unspecified atom stereocenters. The second-order valence-electron chi connectivity index (χ2n) is 2.31. The number of aromatic nitrogens is 3. The van der Waals surface area contributed by atoms with E-state index < -0.39 is 26.8 Å². The average molecular weight is 250 g/mol. The van der Waals surface area contributed by atoms with Crippen molar-refractivity contribution in [1.29, 1.82) is 0 Å². The van der Waals surface area contributed by atoms with Gasteiger partial charge in [-0.05, 0) is 0 Å². The van der Waals surface area contributed by atoms with E-state index in [0.29, 0.717) is 10.9 Å². The Balaban J connectivity index is 2.90. The van der Waals surface area contributed by atoms with Crippen LogP contribution in [0.5, 0.6) is 0 Å². The van der Waals surface area contributed by atoms with Crippen molar-refractivity contribution in [3.05, 3.63) is 6.20 Å². The van der Waals surface area contributed by atoms with Crippen LogP contribution in [0.3, 0.4) is 0 Å². The van der Waals surface area contributed by atoms with E-state index in [0.717, 1.165) is 0 Å². The van der Waals surface area contributed by atoms with E-state index in [1.165, 1.54) is 0 Å². The first-order chi connectivity index (χ1) is 6.18. The monoisotopic (exact) mass is 249 g/mol. The average Bonchev–Trinajstić information content (AvgIpc) is 2.29. The smallest absolute Gasteiger partial charge is 0.242 e. The number of alkyl halides is 3. The Labute approximate surface area is 80.9 Å². The van der Waals surface area contributed by atoms with Gasteiger partial charge >= 0.3 is 6.18 Å². The summed E-state index contributed by atoms with van der Waals surface area (Å²) in [5.41, 5.74) is 0. The third-order valence-corrected chi connectivity index (χ3v) is 2.27. The van der Waals surface area contributed by atoms with Gasteiger partial charge in [-0.15, -0.1) is 5.10 Å². The summed E-state index contributed by atoms with van der Waals surface area (Å²) in [5.74, 6) is 0. The molecule has 5 nitrogen and oxygen atoms in total. The second-order valence-corrected chi connectivity index (χ2v) is 4.82. The number of hydrogen-bond acceptors (Lipinski definition) is 4. The van der Waals surface area contributed by atoms with Gasteiger partial charge in [0.15, 0.2) is 0 Å². The van der Waals surface area contributed by atoms with E-state index in [2.05, 4.69) is 10.3 Å². The van der Waals surface area contributed by atoms with Gasteiger partial charge in [0.1, 0.15) is 6.54 Å². The minimum Gasteiger partial charge on any atom is -0.242 e. The van der Waals surface area contributed by atoms with Crippen molar-refractivity contribution in [3.8, 4) is 0 Å². The van der Waals surface area contributed by atoms with Crippen molar-refractivity contribution < 1.29 is 21.6 Å². The molecule has 0 N–H and O–H groups in total. The van der Waals surface area contributed by atoms with Crippen LogP contribution in [0.4, 0.5) is 13.2 Å². The molecule has 14 heavy (non-hydrogen) atoms. The fourth-order valence-electron chi connectivity index (χ4n) is 0.653. The summed E-state index contributed by atoms with van der Waals surface area (Å²) in [6, 6.07) is 0. The molecular weight excluding hydrogens is 247 g/mol. The Hall–Kier alpha value is -0.830. The molecule has 0 aliphatic rings. The van der Waals surface area contributed by atoms with Gasteiger partial charge in [0.25, 0.3) is 9.05 Å². The predicted octanol–water partition coefficient (Wildman–Crippen LogP) is 0.768. The molecule has 0 atom stereocenters. The lowest BCUT2D eigenvalue weighted by molar-refractivity contribution is -0.142. The summed E-state index contributed by atoms with van der Waals surface area (Å²) in [6.45, 7) is -1.41. The topological polar surface area (TPSA) is 64.8 Å². The Kier molecular flexibility index (Phi) is 2.72. The molecular formula is C4H3ClF3N3O2S. The SMILES string of the molecule is O=S(=O)(Cl)c1cn(CC(F)(F)F)nn1. The largest absolute Gasteiger partial charge is 0.408 e. The molecule has 1 heterocycles. The minimum atomic E-state index is -4.49. The van der Waals surface area contributed by atoms with E-state index in [-0.39, 0.29) is 0 Å². The van der Waals surface area contributed by atoms with Gasteiger partial charge in [0.05, 0.1) is 6.20 Å². The van der Waals surface area contributed by atoms with Crippen molar-refractivity contribution in [2.45, 2.75) is 17.7 Å². The predicted molar refractivity (Wildman–Crippen MR) is 39.1 cm³/mol. The molecule has 1 aromatic rings. The van der Waals surface area contributed by atoms with Crippen LogP contribution in [0, 0.1) is 0 Å². The van der Waals surface area contributed by atoms with Crippen molar-refractivity contribution in [2.24, 2.45) is 0 Å². The zero-order valence-electron chi connectivity index (χ0n) is 6.36. The molecule has 0 aromatic carbocycles. The lowest BCUT2D eigenvalue weighted by atomic mass is 10.6. The fourth-order valence-corrected chi connectivity index (χ4v) is 1.25. The quantitative estimate of drug-likeness (QED) is 0.726. The van der Waals surface area contributed by atoms with Gasteiger partial charge in [0.2, 0.25) is 5.03 Å². The normalized spacial score (nSPS) is 13.1. The van der Waals surface area contributed by atoms with Gasteiger partial charge in [-0.1, -0.05) is 5.21 Å². The van der Waals surface area contributed by atoms with Crippen LogP contribution in [0.15, 0.2) is 11.2 Å². The molecule has 1 rings (SSSR count). The van der Waals surface area contributed by atoms with Crippen LogP contribution in [0.1, 0.15) is 0 Å². The molecule has 0 saturated heterocycles. The lowest BCUT2D eigenvalue weighted by Gasteiger charge is -2.03. The van der Waals surface area contributed by atoms with Gasteiger partial charge in [0, 0.05) is 10.7 Å². The Morgan fingerprint density at radius 1 is 1.50 bits per heavy atom. The highest BCUT2D eigenvalue weighted by Crippen LogP contribution is 2.18. The van der Waals surface area contributed by atoms with E-state index in [1.54, 1.807) is 0 Å². The highest BCUT2D eigenvalue weighted by atomic mass is 35.7. The summed E-state index contributed by atoms with van der Waals surface area (Å²) in [7, 11) is 0.691. The summed E-state index contributed by atoms with van der Waals surface area (Å²) >= 11 is 0. The number of nitrogens with zero attached hydrogens (tertiary/aromatic N) is 3. The number of hydrogen-bond donors (Lipinski definition) is 0. The molecule has 0 spiro atoms. The maximum atomic E-state index is 11.8. The Bertz CT molecular complexity index is 425. The zero-order chi connectivity index (χ0) is 11.0. The maximum absolute atomic E-state index is 11.8. The molecule has 0 amide bonds. The summed E-state index contributed by atoms with van der Waals surface area (Å²) in [5, 5.41) is 5.21. The molecule has 0 aliphatic carbocycles. The highest BCUT2D eigenvalue weighted by Gasteiger charge is 2.29. The van der Waals surface area contributed by atoms with Crippen LogP contribution < -0.4 is 0 Å². The molecule has 1 aromatic heterocycles. The van der Waals surface area contributed by atoms with Crippen molar-refractivity contribution in [2.75, 3.05) is 0 Å². The molecule has 80 valence electrons. The van der Waals surface area contributed by atoms with Crippen LogP contribution in [-0.4, -0.2) is 29.6 Å². The first-order valence-corrected chi connectivity index (χ1v) is 5.41. The summed E-state index contributed by atoms with van der Waals surface area (Å²) in [6.07, 6.45) is -3.88. The first kappa shape index (κ1) is 11.2. The minimum absolute atomic E-state index is 0.343. The molecule has 0 bridgehead atoms. The highest BCUT2D eigenvalue weighted by molar-refractivity contribution is 8.13. The Morgan fingerprint density at radius 2 is 2.07 bits per heavy atom. The van der Waals surface area contributed by atoms with Gasteiger partial charge in [-0.2, -0.15) is 13.2 Å². The van der Waals surface area contributed by atoms with E-state index >= 15 is 0 Å². The third kappa shape index (κ3) is 3.14. The molecule has 0 fully saturated rings. The molecule has 10 heteroatoms. The molecule has 0 radical (unpaired) electrons. The van der Waals surface area contributed by atoms with Crippen LogP contribution >= 0.6 is 10.7 Å². The number of rotatable bonds is 2. The van der Waals surface area contributed by atoms with Crippen molar-refractivity contribution in [1.82, 2.24) is 15.0 Å². The van der Waals surface area contributed by atoms with E-state index in [9.17, 15) is 21.6 Å². The van der Waals surface area contributed by atoms with E-state index in [4.69, 9.17) is 10.7 Å². The van der Waals surface area contributed by atoms with Crippen molar-refractivity contribution in [3.63, 3.8) is 0 Å². The summed E-state index contributed by atoms with van der Waals surface area (Å²) < 4.78 is 56.8. The van der Waals surface area contributed by atoms with Gasteiger partial charge in [-0.25, -0.2) is 13.1 Å². The maximum Gasteiger partial charge on any atom is 0.408 e. The number of halogens is 4. The van der Waals surface area contributed by atoms with E-state index in [1.807, 2.05) is 0 Å². The van der Waals surface area contributed by atoms with Crippen LogP contribution in [-0.2, 0) is 15.6 Å². The standard InChI is InChI=1S/C4H3ClF3N3O2S/c5-14(12,13)3-1-11(10-9-3)2-4(6,7)8/h1H,2H2. The lowest BCUT2D eigenvalue weighted by Crippen LogP contribution is -2.18. The van der Waals surface area contributed by atoms with Gasteiger partial charge < -0.3 is 0 Å². The Morgan fingerprint density at radius 3 is 2.43 bits per heavy atom. The van der Waals surface area contributed by atoms with Crippen LogP contribution in [0.25, 0.3) is 0 Å². The zero-order valence-corrected chi connectivity index (χ0v) is 7.94. The molecule has 0 aliphatic heterocycles. The fraction of sp³-hybridized carbons (Fsp3) is 0.500. The first-order valence-electron chi connectivity index (χ1n) is 3.10.